The first-order valence-corrected chi connectivity index (χ1v) is 9.61. The molecule has 0 bridgehead atoms. The van der Waals surface area contributed by atoms with Gasteiger partial charge < -0.3 is 9.80 Å². The third-order valence-electron chi connectivity index (χ3n) is 5.15. The summed E-state index contributed by atoms with van der Waals surface area (Å²) in [7, 11) is 0. The summed E-state index contributed by atoms with van der Waals surface area (Å²) in [6.07, 6.45) is 2.18. The van der Waals surface area contributed by atoms with Crippen LogP contribution in [0.4, 0.5) is 5.69 Å². The Morgan fingerprint density at radius 2 is 1.79 bits per heavy atom. The fraction of sp³-hybridized carbons (Fsp3) is 0.217. The molecule has 1 aliphatic heterocycles. The van der Waals surface area contributed by atoms with E-state index in [1.54, 1.807) is 21.9 Å². The zero-order valence-electron chi connectivity index (χ0n) is 16.2. The van der Waals surface area contributed by atoms with Crippen molar-refractivity contribution in [3.05, 3.63) is 89.7 Å². The molecular weight excluding hydrogens is 364 g/mol. The Hall–Kier alpha value is -3.54. The first-order valence-electron chi connectivity index (χ1n) is 9.61. The number of piperazine rings is 1. The first-order chi connectivity index (χ1) is 14.1. The SMILES string of the molecule is Cc1ccc(N2C[C@@H](Cc3ccccc3)N(C(=O)c3cccnn3)CC2=O)cc1. The minimum atomic E-state index is -0.268. The Morgan fingerprint density at radius 3 is 2.48 bits per heavy atom. The second-order valence-corrected chi connectivity index (χ2v) is 7.23. The molecule has 6 nitrogen and oxygen atoms in total. The van der Waals surface area contributed by atoms with Crippen molar-refractivity contribution in [3.63, 3.8) is 0 Å². The van der Waals surface area contributed by atoms with Crippen LogP contribution in [0.25, 0.3) is 0 Å². The number of nitrogens with zero attached hydrogens (tertiary/aromatic N) is 4. The highest BCUT2D eigenvalue weighted by molar-refractivity contribution is 6.01. The molecule has 1 saturated heterocycles. The minimum absolute atomic E-state index is 0.0147. The van der Waals surface area contributed by atoms with E-state index in [0.29, 0.717) is 13.0 Å². The summed E-state index contributed by atoms with van der Waals surface area (Å²) >= 11 is 0. The van der Waals surface area contributed by atoms with Crippen LogP contribution in [-0.2, 0) is 11.2 Å². The first kappa shape index (κ1) is 18.8. The van der Waals surface area contributed by atoms with Crippen molar-refractivity contribution < 1.29 is 9.59 Å². The molecule has 2 amide bonds. The van der Waals surface area contributed by atoms with E-state index >= 15 is 0 Å². The Morgan fingerprint density at radius 1 is 1.03 bits per heavy atom. The highest BCUT2D eigenvalue weighted by Crippen LogP contribution is 2.24. The summed E-state index contributed by atoms with van der Waals surface area (Å²) in [6.45, 7) is 2.46. The van der Waals surface area contributed by atoms with Gasteiger partial charge in [0.1, 0.15) is 6.54 Å². The summed E-state index contributed by atoms with van der Waals surface area (Å²) in [4.78, 5) is 29.4. The predicted octanol–water partition coefficient (Wildman–Crippen LogP) is 2.89. The molecule has 1 fully saturated rings. The average molecular weight is 386 g/mol. The number of amides is 2. The number of hydrogen-bond acceptors (Lipinski definition) is 4. The fourth-order valence-corrected chi connectivity index (χ4v) is 3.61. The van der Waals surface area contributed by atoms with E-state index in [0.717, 1.165) is 16.8 Å². The van der Waals surface area contributed by atoms with Gasteiger partial charge in [0, 0.05) is 18.4 Å². The number of hydrogen-bond donors (Lipinski definition) is 0. The molecule has 2 heterocycles. The smallest absolute Gasteiger partial charge is 0.275 e. The van der Waals surface area contributed by atoms with Gasteiger partial charge in [-0.2, -0.15) is 5.10 Å². The molecule has 0 radical (unpaired) electrons. The lowest BCUT2D eigenvalue weighted by Crippen LogP contribution is -2.59. The molecule has 0 saturated carbocycles. The zero-order chi connectivity index (χ0) is 20.2. The Labute approximate surface area is 169 Å². The van der Waals surface area contributed by atoms with E-state index in [2.05, 4.69) is 10.2 Å². The Bertz CT molecular complexity index is 990. The molecule has 3 aromatic rings. The van der Waals surface area contributed by atoms with Crippen molar-refractivity contribution in [2.75, 3.05) is 18.0 Å². The van der Waals surface area contributed by atoms with Crippen molar-refractivity contribution in [2.24, 2.45) is 0 Å². The third kappa shape index (κ3) is 4.16. The van der Waals surface area contributed by atoms with E-state index in [-0.39, 0.29) is 30.1 Å². The van der Waals surface area contributed by atoms with Crippen molar-refractivity contribution >= 4 is 17.5 Å². The second-order valence-electron chi connectivity index (χ2n) is 7.23. The van der Waals surface area contributed by atoms with Crippen LogP contribution in [0.2, 0.25) is 0 Å². The maximum Gasteiger partial charge on any atom is 0.275 e. The molecule has 146 valence electrons. The molecule has 1 aromatic heterocycles. The van der Waals surface area contributed by atoms with Crippen LogP contribution in [0.1, 0.15) is 21.6 Å². The largest absolute Gasteiger partial charge is 0.323 e. The molecule has 0 unspecified atom stereocenters. The van der Waals surface area contributed by atoms with Crippen molar-refractivity contribution in [2.45, 2.75) is 19.4 Å². The van der Waals surface area contributed by atoms with Gasteiger partial charge in [-0.05, 0) is 43.2 Å². The van der Waals surface area contributed by atoms with E-state index in [1.807, 2.05) is 61.5 Å². The molecule has 1 atom stereocenters. The fourth-order valence-electron chi connectivity index (χ4n) is 3.61. The summed E-state index contributed by atoms with van der Waals surface area (Å²) in [5, 5.41) is 7.75. The van der Waals surface area contributed by atoms with Crippen LogP contribution in [0.15, 0.2) is 72.9 Å². The molecule has 0 N–H and O–H groups in total. The van der Waals surface area contributed by atoms with Gasteiger partial charge >= 0.3 is 0 Å². The third-order valence-corrected chi connectivity index (χ3v) is 5.15. The molecule has 6 heteroatoms. The predicted molar refractivity (Wildman–Crippen MR) is 111 cm³/mol. The van der Waals surface area contributed by atoms with Gasteiger partial charge in [0.15, 0.2) is 5.69 Å². The Balaban J connectivity index is 1.64. The summed E-state index contributed by atoms with van der Waals surface area (Å²) in [5.41, 5.74) is 3.36. The number of aryl methyl sites for hydroxylation is 1. The Kier molecular flexibility index (Phi) is 5.33. The number of anilines is 1. The number of benzene rings is 2. The van der Waals surface area contributed by atoms with Crippen LogP contribution in [0.3, 0.4) is 0 Å². The maximum atomic E-state index is 13.1. The van der Waals surface area contributed by atoms with E-state index in [4.69, 9.17) is 0 Å². The highest BCUT2D eigenvalue weighted by Gasteiger charge is 2.36. The molecule has 1 aliphatic rings. The minimum Gasteiger partial charge on any atom is -0.323 e. The van der Waals surface area contributed by atoms with Gasteiger partial charge in [0.05, 0.1) is 6.04 Å². The quantitative estimate of drug-likeness (QED) is 0.692. The molecule has 2 aromatic carbocycles. The molecule has 29 heavy (non-hydrogen) atoms. The van der Waals surface area contributed by atoms with Crippen LogP contribution in [-0.4, -0.2) is 46.0 Å². The van der Waals surface area contributed by atoms with Crippen molar-refractivity contribution in [1.29, 1.82) is 0 Å². The van der Waals surface area contributed by atoms with E-state index in [1.165, 1.54) is 6.20 Å². The number of carbonyl (C=O) groups is 2. The monoisotopic (exact) mass is 386 g/mol. The summed E-state index contributed by atoms with van der Waals surface area (Å²) < 4.78 is 0. The lowest BCUT2D eigenvalue weighted by atomic mass is 10.0. The molecule has 4 rings (SSSR count). The van der Waals surface area contributed by atoms with Gasteiger partial charge in [0.25, 0.3) is 5.91 Å². The topological polar surface area (TPSA) is 66.4 Å². The molecule has 0 spiro atoms. The normalized spacial score (nSPS) is 16.7. The number of carbonyl (C=O) groups excluding carboxylic acids is 2. The van der Waals surface area contributed by atoms with Gasteiger partial charge in [0.2, 0.25) is 5.91 Å². The van der Waals surface area contributed by atoms with Crippen LogP contribution >= 0.6 is 0 Å². The van der Waals surface area contributed by atoms with Gasteiger partial charge in [-0.1, -0.05) is 48.0 Å². The summed E-state index contributed by atoms with van der Waals surface area (Å²) in [5.74, 6) is -0.369. The lowest BCUT2D eigenvalue weighted by Gasteiger charge is -2.41. The highest BCUT2D eigenvalue weighted by atomic mass is 16.2. The van der Waals surface area contributed by atoms with Crippen molar-refractivity contribution in [1.82, 2.24) is 15.1 Å². The van der Waals surface area contributed by atoms with E-state index < -0.39 is 0 Å². The second kappa shape index (κ2) is 8.22. The molecule has 0 aliphatic carbocycles. The maximum absolute atomic E-state index is 13.1. The molecular formula is C23H22N4O2. The van der Waals surface area contributed by atoms with Gasteiger partial charge in [-0.3, -0.25) is 9.59 Å². The zero-order valence-corrected chi connectivity index (χ0v) is 16.2. The number of aromatic nitrogens is 2. The van der Waals surface area contributed by atoms with Crippen LogP contribution < -0.4 is 4.90 Å². The van der Waals surface area contributed by atoms with E-state index in [9.17, 15) is 9.59 Å². The summed E-state index contributed by atoms with van der Waals surface area (Å²) in [6, 6.07) is 21.0. The van der Waals surface area contributed by atoms with Gasteiger partial charge in [-0.25, -0.2) is 0 Å². The van der Waals surface area contributed by atoms with Gasteiger partial charge in [-0.15, -0.1) is 5.10 Å². The van der Waals surface area contributed by atoms with Crippen LogP contribution in [0.5, 0.6) is 0 Å². The number of rotatable bonds is 4. The lowest BCUT2D eigenvalue weighted by molar-refractivity contribution is -0.121. The average Bonchev–Trinajstić information content (AvgIpc) is 2.76. The van der Waals surface area contributed by atoms with Crippen molar-refractivity contribution in [3.8, 4) is 0 Å². The van der Waals surface area contributed by atoms with Crippen LogP contribution in [0, 0.1) is 6.92 Å². The standard InChI is InChI=1S/C23H22N4O2/c1-17-9-11-19(12-10-17)26-15-20(14-18-6-3-2-4-7-18)27(16-22(26)28)23(29)21-8-5-13-24-25-21/h2-13,20H,14-16H2,1H3/t20-/m1/s1.